The predicted octanol–water partition coefficient (Wildman–Crippen LogP) is 2.30. The molecule has 0 bridgehead atoms. The Morgan fingerprint density at radius 1 is 1.63 bits per heavy atom. The van der Waals surface area contributed by atoms with Gasteiger partial charge < -0.3 is 5.32 Å². The average molecular weight is 280 g/mol. The van der Waals surface area contributed by atoms with Crippen LogP contribution in [0.15, 0.2) is 5.38 Å². The van der Waals surface area contributed by atoms with Crippen molar-refractivity contribution in [2.45, 2.75) is 46.2 Å². The van der Waals surface area contributed by atoms with Crippen molar-refractivity contribution in [2.24, 2.45) is 0 Å². The Morgan fingerprint density at radius 3 is 2.89 bits per heavy atom. The highest BCUT2D eigenvalue weighted by Crippen LogP contribution is 2.20. The van der Waals surface area contributed by atoms with E-state index >= 15 is 0 Å². The van der Waals surface area contributed by atoms with Gasteiger partial charge in [-0.05, 0) is 13.3 Å². The summed E-state index contributed by atoms with van der Waals surface area (Å²) in [7, 11) is 0. The molecule has 0 radical (unpaired) electrons. The number of rotatable bonds is 7. The third-order valence-electron chi connectivity index (χ3n) is 2.87. The van der Waals surface area contributed by atoms with Crippen molar-refractivity contribution in [3.05, 3.63) is 11.1 Å². The van der Waals surface area contributed by atoms with Gasteiger partial charge in [-0.25, -0.2) is 4.98 Å². The average Bonchev–Trinajstić information content (AvgIpc) is 2.83. The summed E-state index contributed by atoms with van der Waals surface area (Å²) >= 11 is 1.47. The first-order valence-corrected chi connectivity index (χ1v) is 7.33. The summed E-state index contributed by atoms with van der Waals surface area (Å²) < 4.78 is 0. The van der Waals surface area contributed by atoms with Crippen LogP contribution < -0.4 is 10.2 Å². The van der Waals surface area contributed by atoms with Gasteiger partial charge in [0, 0.05) is 31.4 Å². The first-order valence-electron chi connectivity index (χ1n) is 6.45. The van der Waals surface area contributed by atoms with Crippen LogP contribution in [-0.4, -0.2) is 23.5 Å². The number of carbonyl (C=O) groups is 1. The molecule has 1 rings (SSSR count). The Labute approximate surface area is 118 Å². The summed E-state index contributed by atoms with van der Waals surface area (Å²) in [5, 5.41) is 14.7. The van der Waals surface area contributed by atoms with Gasteiger partial charge in [-0.2, -0.15) is 5.26 Å². The van der Waals surface area contributed by atoms with Crippen molar-refractivity contribution >= 4 is 22.4 Å². The second-order valence-electron chi connectivity index (χ2n) is 4.23. The molecule has 5 nitrogen and oxygen atoms in total. The van der Waals surface area contributed by atoms with Gasteiger partial charge in [0.05, 0.1) is 18.2 Å². The van der Waals surface area contributed by atoms with Crippen LogP contribution in [0.2, 0.25) is 0 Å². The lowest BCUT2D eigenvalue weighted by molar-refractivity contribution is -0.116. The maximum Gasteiger partial charge on any atom is 0.225 e. The molecule has 1 amide bonds. The Kier molecular flexibility index (Phi) is 6.46. The van der Waals surface area contributed by atoms with Crippen molar-refractivity contribution in [2.75, 3.05) is 11.4 Å². The third kappa shape index (κ3) is 4.62. The maximum atomic E-state index is 11.4. The lowest BCUT2D eigenvalue weighted by atomic mass is 10.1. The molecular formula is C13H20N4OS. The van der Waals surface area contributed by atoms with Gasteiger partial charge in [-0.1, -0.05) is 6.92 Å². The van der Waals surface area contributed by atoms with Gasteiger partial charge in [0.15, 0.2) is 5.13 Å². The molecule has 0 saturated carbocycles. The smallest absolute Gasteiger partial charge is 0.225 e. The van der Waals surface area contributed by atoms with Crippen LogP contribution in [0.4, 0.5) is 5.13 Å². The second-order valence-corrected chi connectivity index (χ2v) is 5.07. The zero-order valence-electron chi connectivity index (χ0n) is 11.6. The topological polar surface area (TPSA) is 69.0 Å². The molecule has 1 aromatic rings. The third-order valence-corrected chi connectivity index (χ3v) is 3.78. The molecule has 0 fully saturated rings. The van der Waals surface area contributed by atoms with Gasteiger partial charge in [0.1, 0.15) is 0 Å². The Morgan fingerprint density at radius 2 is 2.37 bits per heavy atom. The van der Waals surface area contributed by atoms with Crippen LogP contribution in [0.5, 0.6) is 0 Å². The molecule has 1 unspecified atom stereocenters. The van der Waals surface area contributed by atoms with Crippen molar-refractivity contribution < 1.29 is 4.79 Å². The van der Waals surface area contributed by atoms with Crippen LogP contribution in [-0.2, 0) is 11.3 Å². The maximum absolute atomic E-state index is 11.4. The summed E-state index contributed by atoms with van der Waals surface area (Å²) in [6, 6.07) is 2.37. The SMILES string of the molecule is CCC(CC#N)NCc1csc(N(CC)C(C)=O)n1. The number of nitrogens with zero attached hydrogens (tertiary/aromatic N) is 3. The molecule has 19 heavy (non-hydrogen) atoms. The quantitative estimate of drug-likeness (QED) is 0.832. The predicted molar refractivity (Wildman–Crippen MR) is 77.0 cm³/mol. The van der Waals surface area contributed by atoms with Crippen LogP contribution in [0.3, 0.4) is 0 Å². The highest BCUT2D eigenvalue weighted by atomic mass is 32.1. The summed E-state index contributed by atoms with van der Waals surface area (Å²) in [6.07, 6.45) is 1.42. The Balaban J connectivity index is 2.60. The molecule has 0 aliphatic heterocycles. The normalized spacial score (nSPS) is 11.9. The van der Waals surface area contributed by atoms with E-state index in [0.29, 0.717) is 19.5 Å². The molecule has 1 aromatic heterocycles. The molecule has 0 aliphatic rings. The summed E-state index contributed by atoms with van der Waals surface area (Å²) in [6.45, 7) is 6.79. The molecular weight excluding hydrogens is 260 g/mol. The van der Waals surface area contributed by atoms with Crippen LogP contribution in [0.25, 0.3) is 0 Å². The summed E-state index contributed by atoms with van der Waals surface area (Å²) in [5.74, 6) is 0.00674. The number of hydrogen-bond acceptors (Lipinski definition) is 5. The van der Waals surface area contributed by atoms with Crippen molar-refractivity contribution in [1.82, 2.24) is 10.3 Å². The molecule has 104 valence electrons. The van der Waals surface area contributed by atoms with E-state index in [1.807, 2.05) is 12.3 Å². The highest BCUT2D eigenvalue weighted by molar-refractivity contribution is 7.14. The minimum atomic E-state index is 0.00674. The minimum absolute atomic E-state index is 0.00674. The molecule has 1 N–H and O–H groups in total. The molecule has 0 spiro atoms. The van der Waals surface area contributed by atoms with Crippen LogP contribution >= 0.6 is 11.3 Å². The van der Waals surface area contributed by atoms with E-state index in [2.05, 4.69) is 23.3 Å². The fraction of sp³-hybridized carbons (Fsp3) is 0.615. The van der Waals surface area contributed by atoms with Gasteiger partial charge in [-0.3, -0.25) is 9.69 Å². The molecule has 1 atom stereocenters. The lowest BCUT2D eigenvalue weighted by Gasteiger charge is -2.15. The Bertz CT molecular complexity index is 452. The van der Waals surface area contributed by atoms with Gasteiger partial charge in [0.2, 0.25) is 5.91 Å². The number of thiazole rings is 1. The first-order chi connectivity index (χ1) is 9.12. The minimum Gasteiger partial charge on any atom is -0.307 e. The van der Waals surface area contributed by atoms with E-state index in [-0.39, 0.29) is 11.9 Å². The standard InChI is InChI=1S/C13H20N4OS/c1-4-11(6-7-14)15-8-12-9-19-13(16-12)17(5-2)10(3)18/h9,11,15H,4-6,8H2,1-3H3. The lowest BCUT2D eigenvalue weighted by Crippen LogP contribution is -2.29. The molecule has 0 saturated heterocycles. The molecule has 6 heteroatoms. The molecule has 1 heterocycles. The fourth-order valence-corrected chi connectivity index (χ4v) is 2.65. The first kappa shape index (κ1) is 15.6. The van der Waals surface area contributed by atoms with E-state index in [9.17, 15) is 4.79 Å². The molecule has 0 aromatic carbocycles. The van der Waals surface area contributed by atoms with E-state index in [4.69, 9.17) is 5.26 Å². The summed E-state index contributed by atoms with van der Waals surface area (Å²) in [4.78, 5) is 17.5. The number of nitriles is 1. The van der Waals surface area contributed by atoms with Crippen LogP contribution in [0.1, 0.15) is 39.3 Å². The number of carbonyl (C=O) groups excluding carboxylic acids is 1. The van der Waals surface area contributed by atoms with Gasteiger partial charge >= 0.3 is 0 Å². The summed E-state index contributed by atoms with van der Waals surface area (Å²) in [5.41, 5.74) is 0.913. The number of aromatic nitrogens is 1. The highest BCUT2D eigenvalue weighted by Gasteiger charge is 2.13. The number of nitrogens with one attached hydrogen (secondary N) is 1. The van der Waals surface area contributed by atoms with E-state index in [1.165, 1.54) is 11.3 Å². The van der Waals surface area contributed by atoms with Crippen molar-refractivity contribution in [3.63, 3.8) is 0 Å². The number of amides is 1. The second kappa shape index (κ2) is 7.87. The van der Waals surface area contributed by atoms with E-state index in [0.717, 1.165) is 17.2 Å². The van der Waals surface area contributed by atoms with Gasteiger partial charge in [0.25, 0.3) is 0 Å². The van der Waals surface area contributed by atoms with E-state index < -0.39 is 0 Å². The number of anilines is 1. The zero-order valence-corrected chi connectivity index (χ0v) is 12.5. The molecule has 0 aliphatic carbocycles. The monoisotopic (exact) mass is 280 g/mol. The number of hydrogen-bond donors (Lipinski definition) is 1. The van der Waals surface area contributed by atoms with Crippen molar-refractivity contribution in [1.29, 1.82) is 5.26 Å². The fourth-order valence-electron chi connectivity index (χ4n) is 1.71. The largest absolute Gasteiger partial charge is 0.307 e. The zero-order chi connectivity index (χ0) is 14.3. The van der Waals surface area contributed by atoms with Gasteiger partial charge in [-0.15, -0.1) is 11.3 Å². The Hall–Kier alpha value is -1.45. The van der Waals surface area contributed by atoms with E-state index in [1.54, 1.807) is 11.8 Å². The van der Waals surface area contributed by atoms with Crippen LogP contribution in [0, 0.1) is 11.3 Å². The van der Waals surface area contributed by atoms with Crippen molar-refractivity contribution in [3.8, 4) is 6.07 Å².